The molecule has 0 fully saturated rings. The number of nitrogens with one attached hydrogen (secondary N) is 2. The minimum atomic E-state index is -0.597. The van der Waals surface area contributed by atoms with Gasteiger partial charge in [-0.1, -0.05) is 19.1 Å². The van der Waals surface area contributed by atoms with Crippen molar-refractivity contribution in [1.29, 1.82) is 0 Å². The van der Waals surface area contributed by atoms with E-state index in [-0.39, 0.29) is 30.0 Å². The zero-order valence-corrected chi connectivity index (χ0v) is 18.0. The molecule has 0 amide bonds. The van der Waals surface area contributed by atoms with Gasteiger partial charge in [-0.05, 0) is 25.0 Å². The second-order valence-electron chi connectivity index (χ2n) is 5.81. The zero-order chi connectivity index (χ0) is 18.9. The van der Waals surface area contributed by atoms with Gasteiger partial charge in [-0.15, -0.1) is 24.0 Å². The summed E-state index contributed by atoms with van der Waals surface area (Å²) in [6.45, 7) is 4.96. The van der Waals surface area contributed by atoms with E-state index in [1.165, 1.54) is 12.1 Å². The number of pyridine rings is 1. The predicted octanol–water partition coefficient (Wildman–Crippen LogP) is 4.19. The Morgan fingerprint density at radius 2 is 2.04 bits per heavy atom. The molecule has 0 radical (unpaired) electrons. The maximum absolute atomic E-state index is 13.9. The number of hydrogen-bond acceptors (Lipinski definition) is 3. The van der Waals surface area contributed by atoms with Gasteiger partial charge in [0, 0.05) is 37.5 Å². The largest absolute Gasteiger partial charge is 0.478 e. The lowest BCUT2D eigenvalue weighted by molar-refractivity contribution is 0.305. The van der Waals surface area contributed by atoms with E-state index < -0.39 is 11.6 Å². The number of hydrogen-bond donors (Lipinski definition) is 2. The maximum Gasteiger partial charge on any atom is 0.213 e. The Bertz CT molecular complexity index is 741. The van der Waals surface area contributed by atoms with Gasteiger partial charge in [0.1, 0.15) is 11.6 Å². The summed E-state index contributed by atoms with van der Waals surface area (Å²) in [7, 11) is 1.63. The van der Waals surface area contributed by atoms with Gasteiger partial charge in [0.15, 0.2) is 5.96 Å². The van der Waals surface area contributed by atoms with Gasteiger partial charge in [0.2, 0.25) is 5.88 Å². The minimum absolute atomic E-state index is 0. The SMILES string of the molecule is CCCOc1ccc(CNC(=NC)NC(C)c2ccc(F)cc2F)cn1.I. The van der Waals surface area contributed by atoms with Crippen molar-refractivity contribution in [2.45, 2.75) is 32.9 Å². The molecule has 1 unspecified atom stereocenters. The van der Waals surface area contributed by atoms with Gasteiger partial charge in [-0.2, -0.15) is 0 Å². The highest BCUT2D eigenvalue weighted by Crippen LogP contribution is 2.17. The number of rotatable bonds is 7. The third kappa shape index (κ3) is 7.28. The summed E-state index contributed by atoms with van der Waals surface area (Å²) in [6, 6.07) is 6.90. The minimum Gasteiger partial charge on any atom is -0.478 e. The highest BCUT2D eigenvalue weighted by atomic mass is 127. The van der Waals surface area contributed by atoms with Crippen LogP contribution in [-0.4, -0.2) is 24.6 Å². The van der Waals surface area contributed by atoms with Crippen LogP contribution in [0, 0.1) is 11.6 Å². The fourth-order valence-corrected chi connectivity index (χ4v) is 2.32. The molecule has 2 rings (SSSR count). The Labute approximate surface area is 175 Å². The number of guanidine groups is 1. The van der Waals surface area contributed by atoms with Gasteiger partial charge in [-0.3, -0.25) is 4.99 Å². The first-order chi connectivity index (χ1) is 12.5. The first-order valence-electron chi connectivity index (χ1n) is 8.53. The zero-order valence-electron chi connectivity index (χ0n) is 15.6. The van der Waals surface area contributed by atoms with E-state index in [4.69, 9.17) is 4.74 Å². The van der Waals surface area contributed by atoms with Crippen molar-refractivity contribution >= 4 is 29.9 Å². The van der Waals surface area contributed by atoms with E-state index in [2.05, 4.69) is 20.6 Å². The van der Waals surface area contributed by atoms with Crippen LogP contribution in [-0.2, 0) is 6.54 Å². The van der Waals surface area contributed by atoms with Gasteiger partial charge >= 0.3 is 0 Å². The number of aliphatic imine (C=N–C) groups is 1. The van der Waals surface area contributed by atoms with Crippen LogP contribution in [0.3, 0.4) is 0 Å². The van der Waals surface area contributed by atoms with Crippen molar-refractivity contribution in [1.82, 2.24) is 15.6 Å². The van der Waals surface area contributed by atoms with Gasteiger partial charge < -0.3 is 15.4 Å². The molecule has 0 bridgehead atoms. The van der Waals surface area contributed by atoms with Crippen LogP contribution in [0.25, 0.3) is 0 Å². The lowest BCUT2D eigenvalue weighted by Gasteiger charge is -2.19. The second-order valence-corrected chi connectivity index (χ2v) is 5.81. The Morgan fingerprint density at radius 1 is 1.26 bits per heavy atom. The van der Waals surface area contributed by atoms with Crippen LogP contribution >= 0.6 is 24.0 Å². The first-order valence-corrected chi connectivity index (χ1v) is 8.53. The third-order valence-corrected chi connectivity index (χ3v) is 3.72. The molecule has 1 aromatic carbocycles. The molecule has 2 aromatic rings. The molecule has 5 nitrogen and oxygen atoms in total. The number of halogens is 3. The molecule has 0 saturated carbocycles. The van der Waals surface area contributed by atoms with Crippen LogP contribution in [0.2, 0.25) is 0 Å². The smallest absolute Gasteiger partial charge is 0.213 e. The van der Waals surface area contributed by atoms with Crippen LogP contribution in [0.15, 0.2) is 41.5 Å². The van der Waals surface area contributed by atoms with Crippen LogP contribution < -0.4 is 15.4 Å². The van der Waals surface area contributed by atoms with E-state index in [1.54, 1.807) is 20.2 Å². The molecule has 27 heavy (non-hydrogen) atoms. The molecular formula is C19H25F2IN4O. The van der Waals surface area contributed by atoms with Crippen molar-refractivity contribution in [3.63, 3.8) is 0 Å². The van der Waals surface area contributed by atoms with Gasteiger partial charge in [-0.25, -0.2) is 13.8 Å². The normalized spacial score (nSPS) is 12.1. The summed E-state index contributed by atoms with van der Waals surface area (Å²) in [5.41, 5.74) is 1.32. The van der Waals surface area contributed by atoms with Crippen LogP contribution in [0.1, 0.15) is 37.4 Å². The molecule has 0 spiro atoms. The molecule has 2 N–H and O–H groups in total. The molecule has 1 atom stereocenters. The number of nitrogens with zero attached hydrogens (tertiary/aromatic N) is 2. The van der Waals surface area contributed by atoms with Crippen molar-refractivity contribution in [2.24, 2.45) is 4.99 Å². The lowest BCUT2D eigenvalue weighted by atomic mass is 10.1. The number of aromatic nitrogens is 1. The molecule has 0 aliphatic rings. The van der Waals surface area contributed by atoms with Crippen molar-refractivity contribution in [3.05, 3.63) is 59.3 Å². The van der Waals surface area contributed by atoms with E-state index in [9.17, 15) is 8.78 Å². The molecule has 1 heterocycles. The third-order valence-electron chi connectivity index (χ3n) is 3.72. The van der Waals surface area contributed by atoms with E-state index >= 15 is 0 Å². The first kappa shape index (κ1) is 23.1. The van der Waals surface area contributed by atoms with Crippen molar-refractivity contribution in [3.8, 4) is 5.88 Å². The molecule has 0 aliphatic heterocycles. The highest BCUT2D eigenvalue weighted by molar-refractivity contribution is 14.0. The highest BCUT2D eigenvalue weighted by Gasteiger charge is 2.13. The molecule has 148 valence electrons. The average molecular weight is 490 g/mol. The lowest BCUT2D eigenvalue weighted by Crippen LogP contribution is -2.38. The number of benzene rings is 1. The predicted molar refractivity (Wildman–Crippen MR) is 114 cm³/mol. The summed E-state index contributed by atoms with van der Waals surface area (Å²) in [5.74, 6) is -0.0850. The fourth-order valence-electron chi connectivity index (χ4n) is 2.32. The molecular weight excluding hydrogens is 465 g/mol. The molecule has 0 aliphatic carbocycles. The van der Waals surface area contributed by atoms with E-state index in [0.717, 1.165) is 18.1 Å². The molecule has 0 saturated heterocycles. The number of ether oxygens (including phenoxy) is 1. The Morgan fingerprint density at radius 3 is 2.63 bits per heavy atom. The fraction of sp³-hybridized carbons (Fsp3) is 0.368. The van der Waals surface area contributed by atoms with Crippen molar-refractivity contribution in [2.75, 3.05) is 13.7 Å². The topological polar surface area (TPSA) is 58.5 Å². The molecule has 8 heteroatoms. The molecule has 1 aromatic heterocycles. The summed E-state index contributed by atoms with van der Waals surface area (Å²) in [6.07, 6.45) is 2.66. The average Bonchev–Trinajstić information content (AvgIpc) is 2.64. The van der Waals surface area contributed by atoms with Gasteiger partial charge in [0.25, 0.3) is 0 Å². The van der Waals surface area contributed by atoms with Gasteiger partial charge in [0.05, 0.1) is 12.6 Å². The maximum atomic E-state index is 13.9. The summed E-state index contributed by atoms with van der Waals surface area (Å²) in [4.78, 5) is 8.37. The van der Waals surface area contributed by atoms with E-state index in [1.807, 2.05) is 19.1 Å². The van der Waals surface area contributed by atoms with Crippen LogP contribution in [0.5, 0.6) is 5.88 Å². The quantitative estimate of drug-likeness (QED) is 0.347. The van der Waals surface area contributed by atoms with Crippen molar-refractivity contribution < 1.29 is 13.5 Å². The summed E-state index contributed by atoms with van der Waals surface area (Å²) in [5, 5.41) is 6.23. The monoisotopic (exact) mass is 490 g/mol. The summed E-state index contributed by atoms with van der Waals surface area (Å²) >= 11 is 0. The standard InChI is InChI=1S/C19H24F2N4O.HI/c1-4-9-26-18-8-5-14(11-23-18)12-24-19(22-3)25-13(2)16-7-6-15(20)10-17(16)21;/h5-8,10-11,13H,4,9,12H2,1-3H3,(H2,22,24,25);1H. The van der Waals surface area contributed by atoms with E-state index in [0.29, 0.717) is 30.6 Å². The summed E-state index contributed by atoms with van der Waals surface area (Å²) < 4.78 is 32.4. The Kier molecular flexibility index (Phi) is 9.98. The second kappa shape index (κ2) is 11.7. The Balaban J connectivity index is 0.00000364. The van der Waals surface area contributed by atoms with Crippen LogP contribution in [0.4, 0.5) is 8.78 Å². The Hall–Kier alpha value is -1.97.